The van der Waals surface area contributed by atoms with Gasteiger partial charge in [0.2, 0.25) is 5.91 Å². The standard InChI is InChI=1S/C27H30FNO3/c1-6-14-32-26(31)25-18(2)29(17-19-8-7-9-22(28)15-19)24(30)16-23(25)20-10-12-21(13-11-20)27(3,4)5/h6-13,15,23H,1,14,16-17H2,2-5H3. The predicted octanol–water partition coefficient (Wildman–Crippen LogP) is 5.64. The van der Waals surface area contributed by atoms with Crippen LogP contribution in [0.1, 0.15) is 56.7 Å². The Balaban J connectivity index is 2.01. The van der Waals surface area contributed by atoms with E-state index in [4.69, 9.17) is 4.74 Å². The summed E-state index contributed by atoms with van der Waals surface area (Å²) in [5.74, 6) is -1.35. The SMILES string of the molecule is C=CCOC(=O)C1=C(C)N(Cc2cccc(F)c2)C(=O)CC1c1ccc(C(C)(C)C)cc1. The molecule has 1 aliphatic rings. The first-order chi connectivity index (χ1) is 15.1. The predicted molar refractivity (Wildman–Crippen MR) is 123 cm³/mol. The number of esters is 1. The Kier molecular flexibility index (Phi) is 6.97. The van der Waals surface area contributed by atoms with Crippen molar-refractivity contribution in [1.82, 2.24) is 4.90 Å². The third kappa shape index (κ3) is 5.16. The Morgan fingerprint density at radius 2 is 1.91 bits per heavy atom. The van der Waals surface area contributed by atoms with Crippen LogP contribution in [0.5, 0.6) is 0 Å². The second-order valence-electron chi connectivity index (χ2n) is 9.12. The number of carbonyl (C=O) groups is 2. The van der Waals surface area contributed by atoms with Gasteiger partial charge in [-0.1, -0.05) is 69.8 Å². The Labute approximate surface area is 189 Å². The molecule has 0 aromatic heterocycles. The number of amides is 1. The molecular formula is C27H30FNO3. The number of rotatable bonds is 6. The van der Waals surface area contributed by atoms with Crippen LogP contribution in [0.4, 0.5) is 4.39 Å². The van der Waals surface area contributed by atoms with Gasteiger partial charge in [0.15, 0.2) is 0 Å². The number of carbonyl (C=O) groups excluding carboxylic acids is 2. The molecule has 1 unspecified atom stereocenters. The number of ether oxygens (including phenoxy) is 1. The summed E-state index contributed by atoms with van der Waals surface area (Å²) in [6.07, 6.45) is 1.65. The van der Waals surface area contributed by atoms with Crippen molar-refractivity contribution >= 4 is 11.9 Å². The average molecular weight is 436 g/mol. The van der Waals surface area contributed by atoms with E-state index in [2.05, 4.69) is 27.4 Å². The van der Waals surface area contributed by atoms with Gasteiger partial charge in [0, 0.05) is 18.0 Å². The number of hydrogen-bond acceptors (Lipinski definition) is 3. The van der Waals surface area contributed by atoms with Crippen LogP contribution in [0.2, 0.25) is 0 Å². The zero-order chi connectivity index (χ0) is 23.5. The molecule has 2 aromatic carbocycles. The molecule has 1 heterocycles. The first-order valence-corrected chi connectivity index (χ1v) is 10.8. The lowest BCUT2D eigenvalue weighted by atomic mass is 9.81. The van der Waals surface area contributed by atoms with Crippen LogP contribution in [0.25, 0.3) is 0 Å². The largest absolute Gasteiger partial charge is 0.458 e. The van der Waals surface area contributed by atoms with E-state index in [1.165, 1.54) is 23.8 Å². The minimum atomic E-state index is -0.468. The van der Waals surface area contributed by atoms with Gasteiger partial charge >= 0.3 is 5.97 Å². The highest BCUT2D eigenvalue weighted by Crippen LogP contribution is 2.38. The van der Waals surface area contributed by atoms with E-state index < -0.39 is 11.9 Å². The lowest BCUT2D eigenvalue weighted by molar-refractivity contribution is -0.139. The maximum atomic E-state index is 13.7. The summed E-state index contributed by atoms with van der Waals surface area (Å²) in [6.45, 7) is 12.0. The van der Waals surface area contributed by atoms with E-state index in [-0.39, 0.29) is 36.7 Å². The first kappa shape index (κ1) is 23.5. The highest BCUT2D eigenvalue weighted by Gasteiger charge is 2.37. The molecule has 1 atom stereocenters. The molecule has 0 radical (unpaired) electrons. The number of allylic oxidation sites excluding steroid dienone is 1. The zero-order valence-corrected chi connectivity index (χ0v) is 19.2. The molecule has 4 nitrogen and oxygen atoms in total. The number of nitrogens with zero attached hydrogens (tertiary/aromatic N) is 1. The topological polar surface area (TPSA) is 46.6 Å². The van der Waals surface area contributed by atoms with Gasteiger partial charge in [-0.05, 0) is 41.2 Å². The van der Waals surface area contributed by atoms with Crippen LogP contribution in [-0.2, 0) is 26.3 Å². The molecule has 0 saturated carbocycles. The van der Waals surface area contributed by atoms with Crippen molar-refractivity contribution < 1.29 is 18.7 Å². The van der Waals surface area contributed by atoms with E-state index in [1.807, 2.05) is 24.3 Å². The Bertz CT molecular complexity index is 1050. The summed E-state index contributed by atoms with van der Waals surface area (Å²) < 4.78 is 19.0. The van der Waals surface area contributed by atoms with Crippen LogP contribution in [-0.4, -0.2) is 23.4 Å². The van der Waals surface area contributed by atoms with Crippen LogP contribution >= 0.6 is 0 Å². The van der Waals surface area contributed by atoms with Gasteiger partial charge in [-0.3, -0.25) is 4.79 Å². The molecule has 2 aromatic rings. The van der Waals surface area contributed by atoms with Gasteiger partial charge in [-0.25, -0.2) is 9.18 Å². The summed E-state index contributed by atoms with van der Waals surface area (Å²) in [7, 11) is 0. The van der Waals surface area contributed by atoms with Gasteiger partial charge < -0.3 is 9.64 Å². The molecule has 32 heavy (non-hydrogen) atoms. The lowest BCUT2D eigenvalue weighted by Gasteiger charge is -2.34. The maximum absolute atomic E-state index is 13.7. The van der Waals surface area contributed by atoms with Gasteiger partial charge in [0.25, 0.3) is 0 Å². The van der Waals surface area contributed by atoms with E-state index in [9.17, 15) is 14.0 Å². The van der Waals surface area contributed by atoms with Crippen molar-refractivity contribution in [3.05, 3.63) is 95.0 Å². The Morgan fingerprint density at radius 3 is 2.50 bits per heavy atom. The van der Waals surface area contributed by atoms with E-state index in [1.54, 1.807) is 24.0 Å². The minimum Gasteiger partial charge on any atom is -0.458 e. The van der Waals surface area contributed by atoms with Crippen molar-refractivity contribution in [3.63, 3.8) is 0 Å². The second-order valence-corrected chi connectivity index (χ2v) is 9.12. The maximum Gasteiger partial charge on any atom is 0.336 e. The molecule has 0 bridgehead atoms. The lowest BCUT2D eigenvalue weighted by Crippen LogP contribution is -2.38. The van der Waals surface area contributed by atoms with Crippen LogP contribution < -0.4 is 0 Å². The van der Waals surface area contributed by atoms with Crippen molar-refractivity contribution in [1.29, 1.82) is 0 Å². The number of halogens is 1. The average Bonchev–Trinajstić information content (AvgIpc) is 2.74. The molecule has 1 amide bonds. The Morgan fingerprint density at radius 1 is 1.22 bits per heavy atom. The van der Waals surface area contributed by atoms with Gasteiger partial charge in [0.05, 0.1) is 12.1 Å². The number of benzene rings is 2. The quantitative estimate of drug-likeness (QED) is 0.436. The van der Waals surface area contributed by atoms with Crippen molar-refractivity contribution in [2.75, 3.05) is 6.61 Å². The van der Waals surface area contributed by atoms with Gasteiger partial charge in [-0.2, -0.15) is 0 Å². The third-order valence-electron chi connectivity index (χ3n) is 5.78. The van der Waals surface area contributed by atoms with Crippen LogP contribution in [0.3, 0.4) is 0 Å². The molecule has 0 fully saturated rings. The zero-order valence-electron chi connectivity index (χ0n) is 19.2. The highest BCUT2D eigenvalue weighted by molar-refractivity contribution is 5.95. The Hall–Kier alpha value is -3.21. The molecular weight excluding hydrogens is 405 g/mol. The van der Waals surface area contributed by atoms with Crippen molar-refractivity contribution in [2.24, 2.45) is 0 Å². The molecule has 0 aliphatic carbocycles. The monoisotopic (exact) mass is 435 g/mol. The van der Waals surface area contributed by atoms with Crippen LogP contribution in [0.15, 0.2) is 72.5 Å². The smallest absolute Gasteiger partial charge is 0.336 e. The van der Waals surface area contributed by atoms with E-state index in [0.717, 1.165) is 5.56 Å². The van der Waals surface area contributed by atoms with Gasteiger partial charge in [-0.15, -0.1) is 0 Å². The van der Waals surface area contributed by atoms with Crippen LogP contribution in [0, 0.1) is 5.82 Å². The second kappa shape index (κ2) is 9.51. The fraction of sp³-hybridized carbons (Fsp3) is 0.333. The molecule has 0 N–H and O–H groups in total. The fourth-order valence-corrected chi connectivity index (χ4v) is 4.00. The summed E-state index contributed by atoms with van der Waals surface area (Å²) >= 11 is 0. The van der Waals surface area contributed by atoms with Crippen molar-refractivity contribution in [2.45, 2.75) is 52.0 Å². The molecule has 0 saturated heterocycles. The third-order valence-corrected chi connectivity index (χ3v) is 5.78. The fourth-order valence-electron chi connectivity index (χ4n) is 4.00. The minimum absolute atomic E-state index is 0.000147. The molecule has 1 aliphatic heterocycles. The summed E-state index contributed by atoms with van der Waals surface area (Å²) in [5.41, 5.74) is 3.70. The molecule has 3 rings (SSSR count). The normalized spacial score (nSPS) is 16.8. The highest BCUT2D eigenvalue weighted by atomic mass is 19.1. The molecule has 5 heteroatoms. The van der Waals surface area contributed by atoms with E-state index in [0.29, 0.717) is 16.8 Å². The molecule has 168 valence electrons. The summed E-state index contributed by atoms with van der Waals surface area (Å²) in [6, 6.07) is 14.2. The van der Waals surface area contributed by atoms with E-state index >= 15 is 0 Å². The number of hydrogen-bond donors (Lipinski definition) is 0. The summed E-state index contributed by atoms with van der Waals surface area (Å²) in [5, 5.41) is 0. The first-order valence-electron chi connectivity index (χ1n) is 10.8. The van der Waals surface area contributed by atoms with Crippen molar-refractivity contribution in [3.8, 4) is 0 Å². The molecule has 0 spiro atoms. The summed E-state index contributed by atoms with van der Waals surface area (Å²) in [4.78, 5) is 27.7. The van der Waals surface area contributed by atoms with Gasteiger partial charge in [0.1, 0.15) is 12.4 Å².